The van der Waals surface area contributed by atoms with Crippen molar-refractivity contribution in [3.8, 4) is 11.5 Å². The van der Waals surface area contributed by atoms with Gasteiger partial charge in [0.15, 0.2) is 5.13 Å². The summed E-state index contributed by atoms with van der Waals surface area (Å²) in [6.07, 6.45) is 0. The van der Waals surface area contributed by atoms with Gasteiger partial charge in [-0.3, -0.25) is 9.69 Å². The van der Waals surface area contributed by atoms with Gasteiger partial charge in [-0.25, -0.2) is 4.98 Å². The summed E-state index contributed by atoms with van der Waals surface area (Å²) in [7, 11) is 3.15. The van der Waals surface area contributed by atoms with Crippen LogP contribution in [0.25, 0.3) is 10.2 Å². The molecule has 1 N–H and O–H groups in total. The lowest BCUT2D eigenvalue weighted by atomic mass is 10.2. The minimum Gasteiger partial charge on any atom is -0.497 e. The van der Waals surface area contributed by atoms with Crippen LogP contribution in [-0.4, -0.2) is 69.3 Å². The van der Waals surface area contributed by atoms with Crippen molar-refractivity contribution in [1.82, 2.24) is 15.2 Å². The molecule has 2 aromatic carbocycles. The maximum atomic E-state index is 12.5. The van der Waals surface area contributed by atoms with E-state index < -0.39 is 0 Å². The molecule has 0 unspecified atom stereocenters. The fourth-order valence-electron chi connectivity index (χ4n) is 3.55. The van der Waals surface area contributed by atoms with Gasteiger partial charge in [0.2, 0.25) is 0 Å². The molecule has 0 atom stereocenters. The van der Waals surface area contributed by atoms with E-state index >= 15 is 0 Å². The maximum Gasteiger partial charge on any atom is 0.251 e. The number of aromatic nitrogens is 1. The highest BCUT2D eigenvalue weighted by molar-refractivity contribution is 9.10. The van der Waals surface area contributed by atoms with Crippen LogP contribution in [0.5, 0.6) is 11.5 Å². The number of hydrogen-bond acceptors (Lipinski definition) is 7. The zero-order chi connectivity index (χ0) is 21.8. The average molecular weight is 505 g/mol. The van der Waals surface area contributed by atoms with Crippen molar-refractivity contribution in [3.05, 3.63) is 46.4 Å². The molecule has 164 valence electrons. The van der Waals surface area contributed by atoms with Crippen LogP contribution < -0.4 is 19.7 Å². The standard InChI is InChI=1S/C22H25BrN4O3S/c1-29-17-11-15(12-18(14-17)30-2)21(28)24-5-6-26-7-9-27(10-8-26)22-25-19-4-3-16(23)13-20(19)31-22/h3-4,11-14H,5-10H2,1-2H3,(H,24,28). The molecule has 0 aliphatic carbocycles. The van der Waals surface area contributed by atoms with Crippen molar-refractivity contribution in [2.45, 2.75) is 0 Å². The quantitative estimate of drug-likeness (QED) is 0.529. The molecule has 0 bridgehead atoms. The number of piperazine rings is 1. The van der Waals surface area contributed by atoms with Gasteiger partial charge in [0.05, 0.1) is 24.4 Å². The van der Waals surface area contributed by atoms with Gasteiger partial charge in [-0.1, -0.05) is 27.3 Å². The Morgan fingerprint density at radius 1 is 1.10 bits per heavy atom. The highest BCUT2D eigenvalue weighted by Crippen LogP contribution is 2.31. The van der Waals surface area contributed by atoms with E-state index in [2.05, 4.69) is 43.2 Å². The van der Waals surface area contributed by atoms with Crippen molar-refractivity contribution in [2.75, 3.05) is 58.4 Å². The third-order valence-corrected chi connectivity index (χ3v) is 6.88. The molecule has 9 heteroatoms. The molecule has 1 fully saturated rings. The third kappa shape index (κ3) is 5.28. The first kappa shape index (κ1) is 21.9. The number of halogens is 1. The van der Waals surface area contributed by atoms with E-state index in [-0.39, 0.29) is 5.91 Å². The molecule has 31 heavy (non-hydrogen) atoms. The van der Waals surface area contributed by atoms with Gasteiger partial charge in [-0.05, 0) is 30.3 Å². The van der Waals surface area contributed by atoms with Crippen molar-refractivity contribution in [3.63, 3.8) is 0 Å². The number of methoxy groups -OCH3 is 2. The van der Waals surface area contributed by atoms with E-state index in [0.717, 1.165) is 47.8 Å². The topological polar surface area (TPSA) is 66.9 Å². The fraction of sp³-hybridized carbons (Fsp3) is 0.364. The van der Waals surface area contributed by atoms with Gasteiger partial charge in [0.25, 0.3) is 5.91 Å². The monoisotopic (exact) mass is 504 g/mol. The van der Waals surface area contributed by atoms with Gasteiger partial charge in [-0.15, -0.1) is 0 Å². The first-order chi connectivity index (χ1) is 15.1. The zero-order valence-corrected chi connectivity index (χ0v) is 20.0. The minimum absolute atomic E-state index is 0.128. The highest BCUT2D eigenvalue weighted by atomic mass is 79.9. The van der Waals surface area contributed by atoms with Crippen molar-refractivity contribution < 1.29 is 14.3 Å². The average Bonchev–Trinajstić information content (AvgIpc) is 3.22. The SMILES string of the molecule is COc1cc(OC)cc(C(=O)NCCN2CCN(c3nc4ccc(Br)cc4s3)CC2)c1. The highest BCUT2D eigenvalue weighted by Gasteiger charge is 2.20. The lowest BCUT2D eigenvalue weighted by Crippen LogP contribution is -2.48. The van der Waals surface area contributed by atoms with Crippen LogP contribution in [0, 0.1) is 0 Å². The zero-order valence-electron chi connectivity index (χ0n) is 17.6. The molecule has 0 spiro atoms. The summed E-state index contributed by atoms with van der Waals surface area (Å²) in [4.78, 5) is 22.0. The predicted molar refractivity (Wildman–Crippen MR) is 128 cm³/mol. The summed E-state index contributed by atoms with van der Waals surface area (Å²) in [6, 6.07) is 11.4. The van der Waals surface area contributed by atoms with Gasteiger partial charge in [-0.2, -0.15) is 0 Å². The number of hydrogen-bond donors (Lipinski definition) is 1. The minimum atomic E-state index is -0.128. The van der Waals surface area contributed by atoms with Crippen LogP contribution >= 0.6 is 27.3 Å². The summed E-state index contributed by atoms with van der Waals surface area (Å²) in [6.45, 7) is 5.16. The molecule has 1 aromatic heterocycles. The van der Waals surface area contributed by atoms with E-state index in [1.54, 1.807) is 43.8 Å². The number of carbonyl (C=O) groups excluding carboxylic acids is 1. The van der Waals surface area contributed by atoms with Crippen molar-refractivity contribution in [2.24, 2.45) is 0 Å². The van der Waals surface area contributed by atoms with Crippen molar-refractivity contribution >= 4 is 48.5 Å². The number of anilines is 1. The van der Waals surface area contributed by atoms with Crippen LogP contribution in [-0.2, 0) is 0 Å². The Morgan fingerprint density at radius 2 is 1.81 bits per heavy atom. The number of benzene rings is 2. The molecule has 3 aromatic rings. The third-order valence-electron chi connectivity index (χ3n) is 5.31. The summed E-state index contributed by atoms with van der Waals surface area (Å²) in [5.41, 5.74) is 1.58. The van der Waals surface area contributed by atoms with E-state index in [1.807, 2.05) is 6.07 Å². The first-order valence-electron chi connectivity index (χ1n) is 10.1. The smallest absolute Gasteiger partial charge is 0.251 e. The van der Waals surface area contributed by atoms with E-state index in [1.165, 1.54) is 4.70 Å². The van der Waals surface area contributed by atoms with Crippen LogP contribution in [0.3, 0.4) is 0 Å². The number of amides is 1. The number of carbonyl (C=O) groups is 1. The maximum absolute atomic E-state index is 12.5. The molecule has 1 saturated heterocycles. The molecule has 2 heterocycles. The molecule has 0 saturated carbocycles. The molecular formula is C22H25BrN4O3S. The lowest BCUT2D eigenvalue weighted by molar-refractivity contribution is 0.0947. The molecule has 0 radical (unpaired) electrons. The number of fused-ring (bicyclic) bond motifs is 1. The van der Waals surface area contributed by atoms with Gasteiger partial charge >= 0.3 is 0 Å². The Kier molecular flexibility index (Phi) is 6.94. The molecule has 1 aliphatic heterocycles. The Morgan fingerprint density at radius 3 is 2.48 bits per heavy atom. The summed E-state index contributed by atoms with van der Waals surface area (Å²) >= 11 is 5.26. The molecule has 4 rings (SSSR count). The van der Waals surface area contributed by atoms with E-state index in [0.29, 0.717) is 23.6 Å². The second kappa shape index (κ2) is 9.84. The number of nitrogens with zero attached hydrogens (tertiary/aromatic N) is 3. The Labute approximate surface area is 194 Å². The van der Waals surface area contributed by atoms with E-state index in [4.69, 9.17) is 14.5 Å². The number of nitrogens with one attached hydrogen (secondary N) is 1. The Hall–Kier alpha value is -2.36. The largest absolute Gasteiger partial charge is 0.497 e. The molecular weight excluding hydrogens is 480 g/mol. The number of rotatable bonds is 7. The van der Waals surface area contributed by atoms with Gasteiger partial charge < -0.3 is 19.7 Å². The summed E-state index contributed by atoms with van der Waals surface area (Å²) in [5, 5.41) is 4.07. The van der Waals surface area contributed by atoms with Crippen molar-refractivity contribution in [1.29, 1.82) is 0 Å². The van der Waals surface area contributed by atoms with Gasteiger partial charge in [0.1, 0.15) is 11.5 Å². The van der Waals surface area contributed by atoms with Crippen LogP contribution in [0.4, 0.5) is 5.13 Å². The fourth-order valence-corrected chi connectivity index (χ4v) is 5.12. The summed E-state index contributed by atoms with van der Waals surface area (Å²) in [5.74, 6) is 1.07. The Bertz CT molecular complexity index is 1040. The Balaban J connectivity index is 1.26. The number of thiazole rings is 1. The van der Waals surface area contributed by atoms with Gasteiger partial charge in [0, 0.05) is 55.4 Å². The second-order valence-electron chi connectivity index (χ2n) is 7.29. The second-order valence-corrected chi connectivity index (χ2v) is 9.22. The molecule has 1 amide bonds. The number of ether oxygens (including phenoxy) is 2. The summed E-state index contributed by atoms with van der Waals surface area (Å²) < 4.78 is 12.8. The van der Waals surface area contributed by atoms with Crippen LogP contribution in [0.1, 0.15) is 10.4 Å². The molecule has 1 aliphatic rings. The predicted octanol–water partition coefficient (Wildman–Crippen LogP) is 3.63. The van der Waals surface area contributed by atoms with E-state index in [9.17, 15) is 4.79 Å². The lowest BCUT2D eigenvalue weighted by Gasteiger charge is -2.34. The molecule has 7 nitrogen and oxygen atoms in total. The van der Waals surface area contributed by atoms with Crippen LogP contribution in [0.2, 0.25) is 0 Å². The normalized spacial score (nSPS) is 14.6. The van der Waals surface area contributed by atoms with Crippen LogP contribution in [0.15, 0.2) is 40.9 Å². The first-order valence-corrected chi connectivity index (χ1v) is 11.7.